The van der Waals surface area contributed by atoms with Gasteiger partial charge < -0.3 is 5.32 Å². The third kappa shape index (κ3) is 2.60. The van der Waals surface area contributed by atoms with Gasteiger partial charge in [-0.15, -0.1) is 0 Å². The fourth-order valence-electron chi connectivity index (χ4n) is 2.20. The van der Waals surface area contributed by atoms with Crippen molar-refractivity contribution in [3.05, 3.63) is 41.6 Å². The molecule has 0 bridgehead atoms. The molecule has 98 valence electrons. The molecular formula is C16H19N3. The molecule has 2 aromatic rings. The molecule has 1 saturated carbocycles. The number of hydrogen-bond donors (Lipinski definition) is 1. The Hall–Kier alpha value is -1.90. The van der Waals surface area contributed by atoms with E-state index in [1.165, 1.54) is 24.1 Å². The number of nitrogens with zero attached hydrogens (tertiary/aromatic N) is 2. The predicted octanol–water partition coefficient (Wildman–Crippen LogP) is 3.63. The van der Waals surface area contributed by atoms with Crippen LogP contribution in [0.1, 0.15) is 36.9 Å². The smallest absolute Gasteiger partial charge is 0.161 e. The quantitative estimate of drug-likeness (QED) is 0.904. The van der Waals surface area contributed by atoms with E-state index in [1.54, 1.807) is 0 Å². The van der Waals surface area contributed by atoms with Gasteiger partial charge in [0.25, 0.3) is 0 Å². The number of aromatic nitrogens is 2. The first-order valence-corrected chi connectivity index (χ1v) is 6.96. The average Bonchev–Trinajstić information content (AvgIpc) is 3.31. The molecule has 1 aromatic carbocycles. The number of benzene rings is 1. The normalized spacial score (nSPS) is 14.4. The van der Waals surface area contributed by atoms with Gasteiger partial charge in [-0.05, 0) is 24.8 Å². The summed E-state index contributed by atoms with van der Waals surface area (Å²) in [6.45, 7) is 2.17. The lowest BCUT2D eigenvalue weighted by atomic mass is 10.1. The van der Waals surface area contributed by atoms with Crippen molar-refractivity contribution < 1.29 is 0 Å². The fraction of sp³-hybridized carbons (Fsp3) is 0.375. The van der Waals surface area contributed by atoms with Crippen LogP contribution in [0.25, 0.3) is 11.4 Å². The van der Waals surface area contributed by atoms with Crippen molar-refractivity contribution in [1.82, 2.24) is 9.97 Å². The molecular weight excluding hydrogens is 234 g/mol. The van der Waals surface area contributed by atoms with Gasteiger partial charge in [-0.1, -0.05) is 31.2 Å². The van der Waals surface area contributed by atoms with Crippen LogP contribution in [-0.2, 0) is 6.42 Å². The van der Waals surface area contributed by atoms with Crippen LogP contribution in [0.2, 0.25) is 0 Å². The molecule has 19 heavy (non-hydrogen) atoms. The van der Waals surface area contributed by atoms with E-state index in [0.29, 0.717) is 5.92 Å². The highest BCUT2D eigenvalue weighted by Crippen LogP contribution is 2.40. The monoisotopic (exact) mass is 253 g/mol. The molecule has 0 unspecified atom stereocenters. The summed E-state index contributed by atoms with van der Waals surface area (Å²) in [6.07, 6.45) is 3.58. The largest absolute Gasteiger partial charge is 0.373 e. The van der Waals surface area contributed by atoms with Crippen LogP contribution in [0.4, 0.5) is 5.82 Å². The number of aryl methyl sites for hydroxylation is 1. The van der Waals surface area contributed by atoms with Crippen molar-refractivity contribution in [3.63, 3.8) is 0 Å². The molecule has 0 radical (unpaired) electrons. The molecule has 1 aliphatic rings. The van der Waals surface area contributed by atoms with Crippen molar-refractivity contribution in [2.75, 3.05) is 12.4 Å². The Bertz CT molecular complexity index is 571. The maximum absolute atomic E-state index is 4.72. The van der Waals surface area contributed by atoms with E-state index in [2.05, 4.69) is 47.6 Å². The highest BCUT2D eigenvalue weighted by Gasteiger charge is 2.26. The molecule has 0 amide bonds. The zero-order valence-electron chi connectivity index (χ0n) is 11.5. The first-order valence-electron chi connectivity index (χ1n) is 6.96. The second-order valence-electron chi connectivity index (χ2n) is 5.08. The van der Waals surface area contributed by atoms with E-state index in [4.69, 9.17) is 4.98 Å². The molecule has 3 heteroatoms. The molecule has 0 aliphatic heterocycles. The second-order valence-corrected chi connectivity index (χ2v) is 5.08. The standard InChI is InChI=1S/C16H19N3/c1-3-11-4-6-13(7-5-11)16-18-14(12-8-9-12)10-15(17-2)19-16/h4-7,10,12H,3,8-9H2,1-2H3,(H,17,18,19). The predicted molar refractivity (Wildman–Crippen MR) is 78.4 cm³/mol. The van der Waals surface area contributed by atoms with E-state index in [-0.39, 0.29) is 0 Å². The van der Waals surface area contributed by atoms with Gasteiger partial charge >= 0.3 is 0 Å². The zero-order valence-corrected chi connectivity index (χ0v) is 11.5. The average molecular weight is 253 g/mol. The summed E-state index contributed by atoms with van der Waals surface area (Å²) in [6, 6.07) is 10.6. The fourth-order valence-corrected chi connectivity index (χ4v) is 2.20. The van der Waals surface area contributed by atoms with Crippen molar-refractivity contribution in [1.29, 1.82) is 0 Å². The lowest BCUT2D eigenvalue weighted by molar-refractivity contribution is 0.994. The lowest BCUT2D eigenvalue weighted by Gasteiger charge is -2.08. The third-order valence-electron chi connectivity index (χ3n) is 3.62. The molecule has 0 spiro atoms. The SMILES string of the molecule is CCc1ccc(-c2nc(NC)cc(C3CC3)n2)cc1. The lowest BCUT2D eigenvalue weighted by Crippen LogP contribution is -2.00. The van der Waals surface area contributed by atoms with E-state index < -0.39 is 0 Å². The Labute approximate surface area is 114 Å². The topological polar surface area (TPSA) is 37.8 Å². The first kappa shape index (κ1) is 12.2. The van der Waals surface area contributed by atoms with E-state index in [1.807, 2.05) is 7.05 Å². The summed E-state index contributed by atoms with van der Waals surface area (Å²) in [5.41, 5.74) is 3.61. The maximum atomic E-state index is 4.72. The Balaban J connectivity index is 1.99. The summed E-state index contributed by atoms with van der Waals surface area (Å²) in [5.74, 6) is 2.38. The minimum Gasteiger partial charge on any atom is -0.373 e. The van der Waals surface area contributed by atoms with Crippen molar-refractivity contribution in [2.24, 2.45) is 0 Å². The van der Waals surface area contributed by atoms with Gasteiger partial charge in [0.05, 0.1) is 0 Å². The molecule has 3 nitrogen and oxygen atoms in total. The number of nitrogens with one attached hydrogen (secondary N) is 1. The van der Waals surface area contributed by atoms with Crippen LogP contribution in [0.15, 0.2) is 30.3 Å². The molecule has 0 atom stereocenters. The first-order chi connectivity index (χ1) is 9.30. The Kier molecular flexibility index (Phi) is 3.20. The number of rotatable bonds is 4. The number of anilines is 1. The van der Waals surface area contributed by atoms with Crippen LogP contribution < -0.4 is 5.32 Å². The molecule has 1 heterocycles. The molecule has 1 aliphatic carbocycles. The Morgan fingerprint density at radius 1 is 1.16 bits per heavy atom. The summed E-state index contributed by atoms with van der Waals surface area (Å²) < 4.78 is 0. The summed E-state index contributed by atoms with van der Waals surface area (Å²) >= 11 is 0. The summed E-state index contributed by atoms with van der Waals surface area (Å²) in [7, 11) is 1.91. The molecule has 1 aromatic heterocycles. The highest BCUT2D eigenvalue weighted by atomic mass is 15.0. The Morgan fingerprint density at radius 2 is 1.89 bits per heavy atom. The molecule has 3 rings (SSSR count). The van der Waals surface area contributed by atoms with Gasteiger partial charge in [0.15, 0.2) is 5.82 Å². The second kappa shape index (κ2) is 5.00. The van der Waals surface area contributed by atoms with Crippen molar-refractivity contribution in [2.45, 2.75) is 32.1 Å². The van der Waals surface area contributed by atoms with Crippen LogP contribution in [0, 0.1) is 0 Å². The highest BCUT2D eigenvalue weighted by molar-refractivity contribution is 5.58. The van der Waals surface area contributed by atoms with Gasteiger partial charge in [-0.2, -0.15) is 0 Å². The Morgan fingerprint density at radius 3 is 2.47 bits per heavy atom. The van der Waals surface area contributed by atoms with Crippen LogP contribution in [0.3, 0.4) is 0 Å². The summed E-state index contributed by atoms with van der Waals surface area (Å²) in [4.78, 5) is 9.28. The molecule has 0 saturated heterocycles. The molecule has 1 fully saturated rings. The van der Waals surface area contributed by atoms with E-state index in [9.17, 15) is 0 Å². The van der Waals surface area contributed by atoms with E-state index in [0.717, 1.165) is 23.6 Å². The van der Waals surface area contributed by atoms with Gasteiger partial charge in [-0.3, -0.25) is 0 Å². The van der Waals surface area contributed by atoms with Gasteiger partial charge in [0.2, 0.25) is 0 Å². The third-order valence-corrected chi connectivity index (χ3v) is 3.62. The minimum atomic E-state index is 0.642. The zero-order chi connectivity index (χ0) is 13.2. The van der Waals surface area contributed by atoms with Crippen LogP contribution >= 0.6 is 0 Å². The van der Waals surface area contributed by atoms with Crippen molar-refractivity contribution in [3.8, 4) is 11.4 Å². The number of hydrogen-bond acceptors (Lipinski definition) is 3. The molecule has 1 N–H and O–H groups in total. The summed E-state index contributed by atoms with van der Waals surface area (Å²) in [5, 5.41) is 3.13. The minimum absolute atomic E-state index is 0.642. The maximum Gasteiger partial charge on any atom is 0.161 e. The van der Waals surface area contributed by atoms with Crippen LogP contribution in [-0.4, -0.2) is 17.0 Å². The van der Waals surface area contributed by atoms with Gasteiger partial charge in [0, 0.05) is 30.3 Å². The van der Waals surface area contributed by atoms with Gasteiger partial charge in [0.1, 0.15) is 5.82 Å². The van der Waals surface area contributed by atoms with Crippen LogP contribution in [0.5, 0.6) is 0 Å². The van der Waals surface area contributed by atoms with E-state index >= 15 is 0 Å². The van der Waals surface area contributed by atoms with Gasteiger partial charge in [-0.25, -0.2) is 9.97 Å². The van der Waals surface area contributed by atoms with Crippen molar-refractivity contribution >= 4 is 5.82 Å².